The summed E-state index contributed by atoms with van der Waals surface area (Å²) in [5, 5.41) is 17.3. The Kier molecular flexibility index (Phi) is 16.7. The number of benzene rings is 4. The van der Waals surface area contributed by atoms with Crippen molar-refractivity contribution in [3.63, 3.8) is 0 Å². The van der Waals surface area contributed by atoms with E-state index in [4.69, 9.17) is 10.9 Å². The van der Waals surface area contributed by atoms with Crippen molar-refractivity contribution in [2.24, 2.45) is 10.9 Å². The highest BCUT2D eigenvalue weighted by molar-refractivity contribution is 7.98. The number of carbonyl (C=O) groups excluding carboxylic acids is 1. The number of unbranched alkanes of at least 4 members (excludes halogenated alkanes) is 1. The highest BCUT2D eigenvalue weighted by Gasteiger charge is 2.23. The van der Waals surface area contributed by atoms with Crippen LogP contribution >= 0.6 is 11.8 Å². The largest absolute Gasteiger partial charge is 0.480 e. The number of carboxylic acid groups (broad SMARTS) is 1. The molecule has 268 valence electrons. The zero-order valence-electron chi connectivity index (χ0n) is 29.2. The van der Waals surface area contributed by atoms with Crippen molar-refractivity contribution in [2.75, 3.05) is 25.1 Å². The fourth-order valence-electron chi connectivity index (χ4n) is 5.37. The lowest BCUT2D eigenvalue weighted by Crippen LogP contribution is -2.41. The average Bonchev–Trinajstić information content (AvgIpc) is 3.11. The number of rotatable bonds is 17. The number of sulfonamides is 1. The van der Waals surface area contributed by atoms with Gasteiger partial charge in [0.1, 0.15) is 6.04 Å². The summed E-state index contributed by atoms with van der Waals surface area (Å²) in [6.45, 7) is 7.41. The third kappa shape index (κ3) is 13.0. The zero-order chi connectivity index (χ0) is 36.5. The Balaban J connectivity index is 0.000000474. The van der Waals surface area contributed by atoms with Gasteiger partial charge in [0, 0.05) is 25.2 Å². The lowest BCUT2D eigenvalue weighted by Gasteiger charge is -2.23. The van der Waals surface area contributed by atoms with Gasteiger partial charge in [-0.3, -0.25) is 9.69 Å². The molecule has 0 saturated carbocycles. The van der Waals surface area contributed by atoms with Crippen LogP contribution in [0.5, 0.6) is 0 Å². The van der Waals surface area contributed by atoms with Crippen LogP contribution in [0.4, 0.5) is 0 Å². The van der Waals surface area contributed by atoms with Gasteiger partial charge in [0.05, 0.1) is 4.90 Å². The normalized spacial score (nSPS) is 11.8. The van der Waals surface area contributed by atoms with Crippen molar-refractivity contribution < 1.29 is 23.1 Å². The lowest BCUT2D eigenvalue weighted by atomic mass is 9.93. The molecule has 0 unspecified atom stereocenters. The Labute approximate surface area is 301 Å². The number of nitrogens with one attached hydrogen (secondary N) is 1. The maximum absolute atomic E-state index is 13.4. The molecule has 4 rings (SSSR count). The van der Waals surface area contributed by atoms with Gasteiger partial charge in [0.15, 0.2) is 0 Å². The Hall–Kier alpha value is -4.00. The van der Waals surface area contributed by atoms with Gasteiger partial charge >= 0.3 is 5.97 Å². The minimum atomic E-state index is -3.57. The molecule has 0 spiro atoms. The number of thioether (sulfide) groups is 1. The van der Waals surface area contributed by atoms with Crippen molar-refractivity contribution in [3.05, 3.63) is 125 Å². The number of carboxylic acids is 1. The Morgan fingerprint density at radius 2 is 1.54 bits per heavy atom. The first kappa shape index (κ1) is 40.4. The number of primary sulfonamides is 1. The third-order valence-electron chi connectivity index (χ3n) is 8.26. The molecule has 0 aliphatic rings. The molecule has 1 amide bonds. The van der Waals surface area contributed by atoms with Crippen LogP contribution in [-0.4, -0.2) is 61.4 Å². The molecule has 50 heavy (non-hydrogen) atoms. The summed E-state index contributed by atoms with van der Waals surface area (Å²) in [4.78, 5) is 27.7. The minimum Gasteiger partial charge on any atom is -0.480 e. The zero-order valence-corrected chi connectivity index (χ0v) is 30.8. The smallest absolute Gasteiger partial charge is 0.326 e. The number of amides is 1. The maximum atomic E-state index is 13.4. The van der Waals surface area contributed by atoms with E-state index in [1.807, 2.05) is 55.6 Å². The van der Waals surface area contributed by atoms with Crippen molar-refractivity contribution in [3.8, 4) is 11.1 Å². The van der Waals surface area contributed by atoms with Crippen LogP contribution in [0.1, 0.15) is 58.8 Å². The molecule has 4 aromatic rings. The number of aliphatic carboxylic acids is 1. The standard InChI is InChI=1S/C32H40N2O3S.C7H10N2O2S/c1-4-5-19-34(20-17-25-12-7-6-8-13-25)23-26-15-16-28(29(22-26)27-14-10-9-11-24(27)2)31(35)33-30(32(36)37)18-21-38-3;8-5-6-1-3-7(4-2-6)12(9,10)11/h6-16,22,30H,4-5,17-21,23H2,1-3H3,(H,33,35)(H,36,37);1-4H,5,8H2,(H2,9,10,11)/t30-;/m0./s1. The molecule has 0 aliphatic heterocycles. The van der Waals surface area contributed by atoms with Crippen LogP contribution in [0.2, 0.25) is 0 Å². The van der Waals surface area contributed by atoms with Crippen molar-refractivity contribution in [2.45, 2.75) is 63.6 Å². The second-order valence-corrected chi connectivity index (χ2v) is 14.6. The predicted octanol–water partition coefficient (Wildman–Crippen LogP) is 6.24. The second-order valence-electron chi connectivity index (χ2n) is 12.1. The van der Waals surface area contributed by atoms with E-state index in [-0.39, 0.29) is 10.8 Å². The fraction of sp³-hybridized carbons (Fsp3) is 0.333. The summed E-state index contributed by atoms with van der Waals surface area (Å²) in [7, 11) is -3.57. The molecule has 0 fully saturated rings. The van der Waals surface area contributed by atoms with Crippen LogP contribution in [0.15, 0.2) is 102 Å². The van der Waals surface area contributed by atoms with Gasteiger partial charge in [-0.05, 0) is 102 Å². The molecule has 0 aliphatic carbocycles. The van der Waals surface area contributed by atoms with Gasteiger partial charge in [0.2, 0.25) is 10.0 Å². The number of aryl methyl sites for hydroxylation is 1. The summed E-state index contributed by atoms with van der Waals surface area (Å²) < 4.78 is 21.6. The van der Waals surface area contributed by atoms with E-state index in [1.165, 1.54) is 17.7 Å². The molecule has 11 heteroatoms. The Morgan fingerprint density at radius 1 is 0.880 bits per heavy atom. The molecule has 0 heterocycles. The number of carbonyl (C=O) groups is 2. The van der Waals surface area contributed by atoms with Crippen LogP contribution in [0, 0.1) is 6.92 Å². The van der Waals surface area contributed by atoms with E-state index in [9.17, 15) is 23.1 Å². The van der Waals surface area contributed by atoms with Crippen molar-refractivity contribution >= 4 is 33.7 Å². The highest BCUT2D eigenvalue weighted by atomic mass is 32.2. The summed E-state index contributed by atoms with van der Waals surface area (Å²) in [6.07, 6.45) is 5.57. The van der Waals surface area contributed by atoms with Gasteiger partial charge in [-0.1, -0.05) is 86.1 Å². The van der Waals surface area contributed by atoms with E-state index in [0.29, 0.717) is 24.3 Å². The molecule has 0 bridgehead atoms. The third-order valence-corrected chi connectivity index (χ3v) is 9.83. The summed E-state index contributed by atoms with van der Waals surface area (Å²) in [6, 6.07) is 29.8. The van der Waals surface area contributed by atoms with Gasteiger partial charge in [-0.2, -0.15) is 11.8 Å². The number of hydrogen-bond donors (Lipinski definition) is 4. The fourth-order valence-corrected chi connectivity index (χ4v) is 6.36. The molecule has 1 atom stereocenters. The summed E-state index contributed by atoms with van der Waals surface area (Å²) in [5.74, 6) is -0.695. The van der Waals surface area contributed by atoms with E-state index < -0.39 is 22.0 Å². The van der Waals surface area contributed by atoms with Crippen molar-refractivity contribution in [1.29, 1.82) is 0 Å². The lowest BCUT2D eigenvalue weighted by molar-refractivity contribution is -0.139. The number of nitrogens with two attached hydrogens (primary N) is 2. The van der Waals surface area contributed by atoms with Crippen LogP contribution in [-0.2, 0) is 34.3 Å². The molecular weight excluding hydrogens is 669 g/mol. The topological polar surface area (TPSA) is 156 Å². The molecule has 0 radical (unpaired) electrons. The van der Waals surface area contributed by atoms with Crippen LogP contribution in [0.25, 0.3) is 11.1 Å². The highest BCUT2D eigenvalue weighted by Crippen LogP contribution is 2.29. The monoisotopic (exact) mass is 718 g/mol. The number of nitrogens with zero attached hydrogens (tertiary/aromatic N) is 1. The summed E-state index contributed by atoms with van der Waals surface area (Å²) in [5.41, 5.74) is 12.1. The van der Waals surface area contributed by atoms with Gasteiger partial charge < -0.3 is 16.2 Å². The van der Waals surface area contributed by atoms with E-state index >= 15 is 0 Å². The van der Waals surface area contributed by atoms with Crippen LogP contribution in [0.3, 0.4) is 0 Å². The SMILES string of the molecule is CCCCN(CCc1ccccc1)Cc1ccc(C(=O)N[C@@H](CCSC)C(=O)O)c(-c2ccccc2C)c1.NCc1ccc(S(N)(=O)=O)cc1. The maximum Gasteiger partial charge on any atom is 0.326 e. The first-order chi connectivity index (χ1) is 24.0. The Morgan fingerprint density at radius 3 is 2.14 bits per heavy atom. The molecule has 0 aromatic heterocycles. The van der Waals surface area contributed by atoms with Gasteiger partial charge in [-0.15, -0.1) is 0 Å². The molecule has 6 N–H and O–H groups in total. The number of hydrogen-bond acceptors (Lipinski definition) is 7. The summed E-state index contributed by atoms with van der Waals surface area (Å²) >= 11 is 1.57. The first-order valence-electron chi connectivity index (χ1n) is 16.8. The van der Waals surface area contributed by atoms with Crippen molar-refractivity contribution in [1.82, 2.24) is 10.2 Å². The molecular formula is C39H50N4O5S2. The van der Waals surface area contributed by atoms with Gasteiger partial charge in [0.25, 0.3) is 5.91 Å². The van der Waals surface area contributed by atoms with Gasteiger partial charge in [-0.25, -0.2) is 18.4 Å². The van der Waals surface area contributed by atoms with E-state index in [1.54, 1.807) is 23.9 Å². The quantitative estimate of drug-likeness (QED) is 0.100. The minimum absolute atomic E-state index is 0.111. The Bertz CT molecular complexity index is 1770. The van der Waals surface area contributed by atoms with Crippen LogP contribution < -0.4 is 16.2 Å². The molecule has 9 nitrogen and oxygen atoms in total. The molecule has 4 aromatic carbocycles. The van der Waals surface area contributed by atoms with E-state index in [0.717, 1.165) is 66.7 Å². The molecule has 0 saturated heterocycles. The van der Waals surface area contributed by atoms with E-state index in [2.05, 4.69) is 47.5 Å². The second kappa shape index (κ2) is 20.6. The average molecular weight is 719 g/mol. The first-order valence-corrected chi connectivity index (χ1v) is 19.7. The predicted molar refractivity (Wildman–Crippen MR) is 205 cm³/mol.